The minimum absolute atomic E-state index is 0.225. The Hall–Kier alpha value is -4.42. The Balaban J connectivity index is 1.46. The Labute approximate surface area is 249 Å². The van der Waals surface area contributed by atoms with Gasteiger partial charge < -0.3 is 0 Å². The van der Waals surface area contributed by atoms with Gasteiger partial charge in [0.15, 0.2) is 0 Å². The number of fused-ring (bicyclic) bond motifs is 4. The number of hydrogen-bond donors (Lipinski definition) is 0. The third-order valence-electron chi connectivity index (χ3n) is 11.2. The zero-order chi connectivity index (χ0) is 27.7. The first-order chi connectivity index (χ1) is 20.8. The SMILES string of the molecule is C1=CC2=CC=C(C3(c4ccccc4)CCc4ccccc4C3(C3C=Cc4ccccc43)C3CCc4ccccc43)C2=C1. The lowest BCUT2D eigenvalue weighted by Gasteiger charge is -2.62. The zero-order valence-electron chi connectivity index (χ0n) is 23.8. The Morgan fingerprint density at radius 3 is 2.29 bits per heavy atom. The van der Waals surface area contributed by atoms with Crippen LogP contribution < -0.4 is 0 Å². The summed E-state index contributed by atoms with van der Waals surface area (Å²) in [6.45, 7) is 0. The molecule has 0 heteroatoms. The van der Waals surface area contributed by atoms with E-state index in [-0.39, 0.29) is 16.7 Å². The minimum atomic E-state index is -0.229. The fourth-order valence-electron chi connectivity index (χ4n) is 9.79. The maximum absolute atomic E-state index is 2.58. The summed E-state index contributed by atoms with van der Waals surface area (Å²) in [5.41, 5.74) is 14.3. The molecule has 0 bridgehead atoms. The van der Waals surface area contributed by atoms with Crippen molar-refractivity contribution in [2.24, 2.45) is 0 Å². The van der Waals surface area contributed by atoms with Crippen LogP contribution in [0.1, 0.15) is 63.6 Å². The maximum Gasteiger partial charge on any atom is 0.0323 e. The molecule has 0 spiro atoms. The third-order valence-corrected chi connectivity index (χ3v) is 11.2. The lowest BCUT2D eigenvalue weighted by atomic mass is 9.40. The highest BCUT2D eigenvalue weighted by Crippen LogP contribution is 2.71. The molecule has 42 heavy (non-hydrogen) atoms. The summed E-state index contributed by atoms with van der Waals surface area (Å²) in [6.07, 6.45) is 21.3. The molecule has 0 heterocycles. The van der Waals surface area contributed by atoms with Crippen LogP contribution in [-0.4, -0.2) is 0 Å². The molecule has 9 rings (SSSR count). The summed E-state index contributed by atoms with van der Waals surface area (Å²) in [5.74, 6) is 0.613. The van der Waals surface area contributed by atoms with E-state index in [1.807, 2.05) is 0 Å². The number of rotatable bonds is 4. The van der Waals surface area contributed by atoms with Crippen LogP contribution in [0, 0.1) is 0 Å². The van der Waals surface area contributed by atoms with Crippen LogP contribution in [0.4, 0.5) is 0 Å². The molecule has 0 saturated carbocycles. The van der Waals surface area contributed by atoms with Gasteiger partial charge in [0, 0.05) is 16.7 Å². The molecule has 0 radical (unpaired) electrons. The van der Waals surface area contributed by atoms with Gasteiger partial charge in [0.1, 0.15) is 0 Å². The van der Waals surface area contributed by atoms with Gasteiger partial charge in [-0.15, -0.1) is 0 Å². The van der Waals surface area contributed by atoms with Crippen molar-refractivity contribution in [1.29, 1.82) is 0 Å². The number of allylic oxidation sites excluding steroid dienone is 9. The first-order valence-electron chi connectivity index (χ1n) is 15.6. The van der Waals surface area contributed by atoms with Crippen LogP contribution >= 0.6 is 0 Å². The molecule has 202 valence electrons. The van der Waals surface area contributed by atoms with Crippen LogP contribution in [0.25, 0.3) is 6.08 Å². The monoisotopic (exact) mass is 538 g/mol. The zero-order valence-corrected chi connectivity index (χ0v) is 23.8. The molecule has 4 unspecified atom stereocenters. The van der Waals surface area contributed by atoms with Crippen LogP contribution in [0.5, 0.6) is 0 Å². The number of aryl methyl sites for hydroxylation is 2. The molecular weight excluding hydrogens is 504 g/mol. The summed E-state index contributed by atoms with van der Waals surface area (Å²) in [6, 6.07) is 39.7. The fourth-order valence-corrected chi connectivity index (χ4v) is 9.79. The first-order valence-corrected chi connectivity index (χ1v) is 15.6. The first kappa shape index (κ1) is 24.2. The predicted octanol–water partition coefficient (Wildman–Crippen LogP) is 9.71. The Morgan fingerprint density at radius 2 is 1.38 bits per heavy atom. The lowest BCUT2D eigenvalue weighted by Crippen LogP contribution is -2.59. The van der Waals surface area contributed by atoms with Crippen LogP contribution in [-0.2, 0) is 23.7 Å². The molecular formula is C42H34. The number of benzene rings is 4. The molecule has 5 aliphatic carbocycles. The molecule has 4 aromatic rings. The van der Waals surface area contributed by atoms with E-state index in [0.717, 1.165) is 19.3 Å². The topological polar surface area (TPSA) is 0 Å². The molecule has 0 amide bonds. The van der Waals surface area contributed by atoms with E-state index >= 15 is 0 Å². The van der Waals surface area contributed by atoms with Gasteiger partial charge in [-0.05, 0) is 87.3 Å². The largest absolute Gasteiger partial charge is 0.0754 e. The van der Waals surface area contributed by atoms with Crippen molar-refractivity contribution in [2.75, 3.05) is 0 Å². The quantitative estimate of drug-likeness (QED) is 0.243. The third kappa shape index (κ3) is 3.03. The second-order valence-corrected chi connectivity index (χ2v) is 12.7. The smallest absolute Gasteiger partial charge is 0.0323 e. The van der Waals surface area contributed by atoms with Crippen LogP contribution in [0.2, 0.25) is 0 Å². The Bertz CT molecular complexity index is 1890. The lowest BCUT2D eigenvalue weighted by molar-refractivity contribution is 0.155. The van der Waals surface area contributed by atoms with E-state index in [1.165, 1.54) is 51.0 Å². The molecule has 0 aliphatic heterocycles. The van der Waals surface area contributed by atoms with Gasteiger partial charge in [-0.2, -0.15) is 0 Å². The van der Waals surface area contributed by atoms with Gasteiger partial charge in [0.05, 0.1) is 0 Å². The molecule has 0 N–H and O–H groups in total. The maximum atomic E-state index is 2.58. The van der Waals surface area contributed by atoms with E-state index in [9.17, 15) is 0 Å². The van der Waals surface area contributed by atoms with Gasteiger partial charge in [-0.25, -0.2) is 0 Å². The number of hydrogen-bond acceptors (Lipinski definition) is 0. The van der Waals surface area contributed by atoms with Gasteiger partial charge in [-0.1, -0.05) is 146 Å². The van der Waals surface area contributed by atoms with Crippen molar-refractivity contribution in [3.8, 4) is 0 Å². The summed E-state index contributed by atoms with van der Waals surface area (Å²) >= 11 is 0. The van der Waals surface area contributed by atoms with E-state index in [2.05, 4.69) is 146 Å². The molecule has 4 atom stereocenters. The standard InChI is InChI=1S/C42H34/c1-2-15-33(16-3-1)41(38-24-21-31-14-10-19-34(31)38)28-27-32-13-6-9-20-37(32)42(41,39-25-22-29-11-4-7-17-35(29)39)40-26-23-30-12-5-8-18-36(30)40/h1-22,24-25,39-40H,23,26-28H2. The summed E-state index contributed by atoms with van der Waals surface area (Å²) in [7, 11) is 0. The predicted molar refractivity (Wildman–Crippen MR) is 174 cm³/mol. The minimum Gasteiger partial charge on any atom is -0.0754 e. The summed E-state index contributed by atoms with van der Waals surface area (Å²) in [4.78, 5) is 0. The summed E-state index contributed by atoms with van der Waals surface area (Å²) in [5, 5.41) is 0. The van der Waals surface area contributed by atoms with Gasteiger partial charge >= 0.3 is 0 Å². The highest BCUT2D eigenvalue weighted by Gasteiger charge is 2.66. The molecule has 0 saturated heterocycles. The average Bonchev–Trinajstić information content (AvgIpc) is 3.85. The van der Waals surface area contributed by atoms with E-state index in [4.69, 9.17) is 0 Å². The molecule has 0 aromatic heterocycles. The highest BCUT2D eigenvalue weighted by molar-refractivity contribution is 5.74. The second kappa shape index (κ2) is 9.04. The van der Waals surface area contributed by atoms with Crippen LogP contribution in [0.3, 0.4) is 0 Å². The Morgan fingerprint density at radius 1 is 0.619 bits per heavy atom. The molecule has 4 aromatic carbocycles. The van der Waals surface area contributed by atoms with Crippen molar-refractivity contribution < 1.29 is 0 Å². The van der Waals surface area contributed by atoms with E-state index in [0.29, 0.717) is 5.92 Å². The average molecular weight is 539 g/mol. The molecule has 0 nitrogen and oxygen atoms in total. The van der Waals surface area contributed by atoms with Gasteiger partial charge in [0.2, 0.25) is 0 Å². The van der Waals surface area contributed by atoms with Gasteiger partial charge in [0.25, 0.3) is 0 Å². The molecule has 0 fully saturated rings. The highest BCUT2D eigenvalue weighted by atomic mass is 14.7. The van der Waals surface area contributed by atoms with Crippen molar-refractivity contribution in [3.05, 3.63) is 195 Å². The van der Waals surface area contributed by atoms with Crippen molar-refractivity contribution >= 4 is 6.08 Å². The molecule has 5 aliphatic rings. The normalized spacial score (nSPS) is 28.0. The van der Waals surface area contributed by atoms with E-state index in [1.54, 1.807) is 11.1 Å². The Kier molecular flexibility index (Phi) is 5.21. The van der Waals surface area contributed by atoms with Crippen molar-refractivity contribution in [2.45, 2.75) is 48.3 Å². The fraction of sp³-hybridized carbons (Fsp3) is 0.190. The van der Waals surface area contributed by atoms with Crippen molar-refractivity contribution in [3.63, 3.8) is 0 Å². The van der Waals surface area contributed by atoms with Crippen molar-refractivity contribution in [1.82, 2.24) is 0 Å². The van der Waals surface area contributed by atoms with Crippen LogP contribution in [0.15, 0.2) is 156 Å². The summed E-state index contributed by atoms with van der Waals surface area (Å²) < 4.78 is 0. The van der Waals surface area contributed by atoms with Gasteiger partial charge in [-0.3, -0.25) is 0 Å². The second-order valence-electron chi connectivity index (χ2n) is 12.7. The van der Waals surface area contributed by atoms with E-state index < -0.39 is 0 Å².